The lowest BCUT2D eigenvalue weighted by molar-refractivity contribution is 0.0926. The number of hydrogen-bond donors (Lipinski definition) is 2. The monoisotopic (exact) mass is 358 g/mol. The van der Waals surface area contributed by atoms with Gasteiger partial charge in [-0.1, -0.05) is 15.9 Å². The number of nitrogens with one attached hydrogen (secondary N) is 2. The Morgan fingerprint density at radius 1 is 1.41 bits per heavy atom. The minimum Gasteiger partial charge on any atom is -0.351 e. The van der Waals surface area contributed by atoms with Gasteiger partial charge in [-0.15, -0.1) is 0 Å². The molecular formula is C16H15BrN4O. The molecule has 4 rings (SSSR count). The van der Waals surface area contributed by atoms with Crippen LogP contribution >= 0.6 is 15.9 Å². The molecule has 0 radical (unpaired) electrons. The fraction of sp³-hybridized carbons (Fsp3) is 0.250. The summed E-state index contributed by atoms with van der Waals surface area (Å²) < 4.78 is 2.77. The van der Waals surface area contributed by atoms with E-state index in [0.717, 1.165) is 33.8 Å². The van der Waals surface area contributed by atoms with Gasteiger partial charge in [-0.25, -0.2) is 0 Å². The fourth-order valence-electron chi connectivity index (χ4n) is 2.79. The first kappa shape index (κ1) is 13.6. The maximum absolute atomic E-state index is 12.6. The zero-order valence-corrected chi connectivity index (χ0v) is 13.6. The molecule has 112 valence electrons. The van der Waals surface area contributed by atoms with Crippen molar-refractivity contribution in [2.24, 2.45) is 7.05 Å². The summed E-state index contributed by atoms with van der Waals surface area (Å²) in [6.07, 6.45) is 5.71. The molecule has 22 heavy (non-hydrogen) atoms. The molecule has 3 aromatic rings. The van der Waals surface area contributed by atoms with Gasteiger partial charge < -0.3 is 10.3 Å². The van der Waals surface area contributed by atoms with Crippen molar-refractivity contribution in [3.05, 3.63) is 52.4 Å². The Morgan fingerprint density at radius 2 is 2.23 bits per heavy atom. The largest absolute Gasteiger partial charge is 0.351 e. The van der Waals surface area contributed by atoms with Gasteiger partial charge in [-0.3, -0.25) is 9.48 Å². The van der Waals surface area contributed by atoms with Crippen molar-refractivity contribution < 1.29 is 4.79 Å². The molecule has 0 saturated heterocycles. The Morgan fingerprint density at radius 3 is 2.91 bits per heavy atom. The molecule has 2 N–H and O–H groups in total. The van der Waals surface area contributed by atoms with Crippen LogP contribution in [0.25, 0.3) is 10.9 Å². The Labute approximate surface area is 135 Å². The second kappa shape index (κ2) is 4.71. The summed E-state index contributed by atoms with van der Waals surface area (Å²) in [5.74, 6) is -0.0753. The Kier molecular flexibility index (Phi) is 2.91. The van der Waals surface area contributed by atoms with Crippen molar-refractivity contribution >= 4 is 32.7 Å². The minimum atomic E-state index is -0.247. The van der Waals surface area contributed by atoms with E-state index in [9.17, 15) is 4.79 Å². The molecule has 1 aromatic carbocycles. The topological polar surface area (TPSA) is 62.7 Å². The maximum atomic E-state index is 12.6. The summed E-state index contributed by atoms with van der Waals surface area (Å²) in [5, 5.41) is 8.37. The van der Waals surface area contributed by atoms with Gasteiger partial charge in [-0.2, -0.15) is 5.10 Å². The van der Waals surface area contributed by atoms with Crippen LogP contribution in [-0.2, 0) is 12.6 Å². The number of halogens is 1. The molecular weight excluding hydrogens is 344 g/mol. The van der Waals surface area contributed by atoms with E-state index in [-0.39, 0.29) is 11.4 Å². The summed E-state index contributed by atoms with van der Waals surface area (Å²) >= 11 is 3.45. The third kappa shape index (κ3) is 2.23. The minimum absolute atomic E-state index is 0.0753. The molecule has 6 heteroatoms. The van der Waals surface area contributed by atoms with Crippen LogP contribution in [0.15, 0.2) is 41.1 Å². The van der Waals surface area contributed by atoms with Crippen molar-refractivity contribution in [1.29, 1.82) is 0 Å². The Balaban J connectivity index is 1.61. The molecule has 5 nitrogen and oxygen atoms in total. The van der Waals surface area contributed by atoms with Gasteiger partial charge in [0.05, 0.1) is 11.7 Å². The first-order chi connectivity index (χ1) is 10.6. The molecule has 1 amide bonds. The summed E-state index contributed by atoms with van der Waals surface area (Å²) in [6, 6.07) is 7.80. The summed E-state index contributed by atoms with van der Waals surface area (Å²) in [6.45, 7) is 0. The normalized spacial score (nSPS) is 15.9. The predicted molar refractivity (Wildman–Crippen MR) is 87.6 cm³/mol. The molecule has 0 spiro atoms. The fourth-order valence-corrected chi connectivity index (χ4v) is 3.17. The highest BCUT2D eigenvalue weighted by Gasteiger charge is 2.46. The molecule has 2 aromatic heterocycles. The van der Waals surface area contributed by atoms with E-state index in [2.05, 4.69) is 31.3 Å². The highest BCUT2D eigenvalue weighted by atomic mass is 79.9. The van der Waals surface area contributed by atoms with Gasteiger partial charge >= 0.3 is 0 Å². The molecule has 0 atom stereocenters. The first-order valence-electron chi connectivity index (χ1n) is 7.16. The average molecular weight is 359 g/mol. The van der Waals surface area contributed by atoms with Gasteiger partial charge in [0.25, 0.3) is 5.91 Å². The number of nitrogens with zero attached hydrogens (tertiary/aromatic N) is 2. The SMILES string of the molecule is Cn1cc(C2(NC(=O)c3cc4cc(Br)ccc4[nH]3)CC2)cn1. The molecule has 1 fully saturated rings. The summed E-state index contributed by atoms with van der Waals surface area (Å²) in [5.41, 5.74) is 2.37. The van der Waals surface area contributed by atoms with E-state index in [0.29, 0.717) is 5.69 Å². The predicted octanol–water partition coefficient (Wildman–Crippen LogP) is 3.08. The van der Waals surface area contributed by atoms with Gasteiger partial charge in [0, 0.05) is 34.2 Å². The van der Waals surface area contributed by atoms with Crippen LogP contribution in [0.1, 0.15) is 28.9 Å². The van der Waals surface area contributed by atoms with Crippen molar-refractivity contribution in [3.63, 3.8) is 0 Å². The number of aromatic nitrogens is 3. The van der Waals surface area contributed by atoms with Gasteiger partial charge in [0.2, 0.25) is 0 Å². The number of carbonyl (C=O) groups excluding carboxylic acids is 1. The van der Waals surface area contributed by atoms with Crippen molar-refractivity contribution in [3.8, 4) is 0 Å². The number of aryl methyl sites for hydroxylation is 1. The molecule has 1 saturated carbocycles. The third-order valence-electron chi connectivity index (χ3n) is 4.19. The first-order valence-corrected chi connectivity index (χ1v) is 7.95. The smallest absolute Gasteiger partial charge is 0.268 e. The molecule has 0 bridgehead atoms. The van der Waals surface area contributed by atoms with Gasteiger partial charge in [0.15, 0.2) is 0 Å². The lowest BCUT2D eigenvalue weighted by Gasteiger charge is -2.15. The number of amides is 1. The number of hydrogen-bond acceptors (Lipinski definition) is 2. The van der Waals surface area contributed by atoms with E-state index in [1.54, 1.807) is 4.68 Å². The second-order valence-electron chi connectivity index (χ2n) is 5.85. The highest BCUT2D eigenvalue weighted by Crippen LogP contribution is 2.45. The number of aromatic amines is 1. The van der Waals surface area contributed by atoms with Crippen molar-refractivity contribution in [2.75, 3.05) is 0 Å². The number of fused-ring (bicyclic) bond motifs is 1. The Hall–Kier alpha value is -2.08. The lowest BCUT2D eigenvalue weighted by Crippen LogP contribution is -2.34. The lowest BCUT2D eigenvalue weighted by atomic mass is 10.1. The zero-order valence-electron chi connectivity index (χ0n) is 12.1. The Bertz CT molecular complexity index is 875. The van der Waals surface area contributed by atoms with Crippen LogP contribution in [0.4, 0.5) is 0 Å². The number of benzene rings is 1. The molecule has 1 aliphatic carbocycles. The van der Waals surface area contributed by atoms with Crippen LogP contribution in [0.5, 0.6) is 0 Å². The quantitative estimate of drug-likeness (QED) is 0.755. The summed E-state index contributed by atoms with van der Waals surface area (Å²) in [7, 11) is 1.89. The number of carbonyl (C=O) groups is 1. The van der Waals surface area contributed by atoms with Gasteiger partial charge in [0.1, 0.15) is 5.69 Å². The number of H-pyrrole nitrogens is 1. The standard InChI is InChI=1S/C16H15BrN4O/c1-21-9-11(8-18-21)16(4-5-16)20-15(22)14-7-10-6-12(17)2-3-13(10)19-14/h2-3,6-9,19H,4-5H2,1H3,(H,20,22). The van der Waals surface area contributed by atoms with E-state index in [1.165, 1.54) is 0 Å². The van der Waals surface area contributed by atoms with Crippen molar-refractivity contribution in [2.45, 2.75) is 18.4 Å². The summed E-state index contributed by atoms with van der Waals surface area (Å²) in [4.78, 5) is 15.7. The molecule has 0 aliphatic heterocycles. The zero-order chi connectivity index (χ0) is 15.3. The third-order valence-corrected chi connectivity index (χ3v) is 4.68. The van der Waals surface area contributed by atoms with Crippen LogP contribution in [0, 0.1) is 0 Å². The van der Waals surface area contributed by atoms with Crippen molar-refractivity contribution in [1.82, 2.24) is 20.1 Å². The van der Waals surface area contributed by atoms with Crippen LogP contribution in [-0.4, -0.2) is 20.7 Å². The molecule has 0 unspecified atom stereocenters. The van der Waals surface area contributed by atoms with E-state index >= 15 is 0 Å². The van der Waals surface area contributed by atoms with Crippen LogP contribution in [0.3, 0.4) is 0 Å². The highest BCUT2D eigenvalue weighted by molar-refractivity contribution is 9.10. The average Bonchev–Trinajstić information content (AvgIpc) is 2.94. The van der Waals surface area contributed by atoms with E-state index in [1.807, 2.05) is 43.7 Å². The maximum Gasteiger partial charge on any atom is 0.268 e. The molecule has 1 aliphatic rings. The molecule has 2 heterocycles. The van der Waals surface area contributed by atoms with Crippen LogP contribution in [0.2, 0.25) is 0 Å². The second-order valence-corrected chi connectivity index (χ2v) is 6.77. The van der Waals surface area contributed by atoms with E-state index in [4.69, 9.17) is 0 Å². The number of rotatable bonds is 3. The van der Waals surface area contributed by atoms with Gasteiger partial charge in [-0.05, 0) is 37.1 Å². The van der Waals surface area contributed by atoms with E-state index < -0.39 is 0 Å². The van der Waals surface area contributed by atoms with Crippen LogP contribution < -0.4 is 5.32 Å².